The maximum atomic E-state index is 11.7. The lowest BCUT2D eigenvalue weighted by Crippen LogP contribution is -2.40. The van der Waals surface area contributed by atoms with Crippen LogP contribution in [0, 0.1) is 6.92 Å². The summed E-state index contributed by atoms with van der Waals surface area (Å²) in [7, 11) is 1.71. The lowest BCUT2D eigenvalue weighted by molar-refractivity contribution is -0.190. The molecule has 0 amide bonds. The minimum atomic E-state index is -0.534. The summed E-state index contributed by atoms with van der Waals surface area (Å²) >= 11 is 0. The van der Waals surface area contributed by atoms with E-state index >= 15 is 0 Å². The number of aliphatic hydroxyl groups excluding tert-OH is 1. The van der Waals surface area contributed by atoms with Gasteiger partial charge in [0.1, 0.15) is 0 Å². The molecule has 7 nitrogen and oxygen atoms in total. The molecule has 0 aliphatic carbocycles. The van der Waals surface area contributed by atoms with Crippen LogP contribution < -0.4 is 11.2 Å². The Morgan fingerprint density at radius 1 is 1.61 bits per heavy atom. The number of H-pyrrole nitrogens is 1. The summed E-state index contributed by atoms with van der Waals surface area (Å²) in [6, 6.07) is 0. The van der Waals surface area contributed by atoms with E-state index in [0.717, 1.165) is 0 Å². The van der Waals surface area contributed by atoms with Gasteiger partial charge in [-0.2, -0.15) is 5.06 Å². The molecule has 0 aromatic carbocycles. The Morgan fingerprint density at radius 2 is 2.28 bits per heavy atom. The molecule has 7 heteroatoms. The number of aromatic amines is 1. The van der Waals surface area contributed by atoms with E-state index in [1.807, 2.05) is 6.92 Å². The summed E-state index contributed by atoms with van der Waals surface area (Å²) in [5.74, 6) is 0. The Morgan fingerprint density at radius 3 is 2.83 bits per heavy atom. The average Bonchev–Trinajstić information content (AvgIpc) is 2.61. The molecule has 2 rings (SSSR count). The van der Waals surface area contributed by atoms with Crippen molar-refractivity contribution in [3.05, 3.63) is 32.6 Å². The van der Waals surface area contributed by atoms with E-state index in [2.05, 4.69) is 4.98 Å². The van der Waals surface area contributed by atoms with Crippen LogP contribution in [0.5, 0.6) is 0 Å². The van der Waals surface area contributed by atoms with Crippen molar-refractivity contribution in [2.45, 2.75) is 32.0 Å². The van der Waals surface area contributed by atoms with Gasteiger partial charge in [-0.25, -0.2) is 4.79 Å². The zero-order valence-electron chi connectivity index (χ0n) is 10.6. The van der Waals surface area contributed by atoms with Gasteiger partial charge >= 0.3 is 5.69 Å². The van der Waals surface area contributed by atoms with Crippen molar-refractivity contribution in [3.63, 3.8) is 0 Å². The van der Waals surface area contributed by atoms with Crippen molar-refractivity contribution in [2.24, 2.45) is 0 Å². The van der Waals surface area contributed by atoms with E-state index in [9.17, 15) is 14.7 Å². The Hall–Kier alpha value is -1.44. The van der Waals surface area contributed by atoms with Crippen molar-refractivity contribution in [1.82, 2.24) is 14.6 Å². The van der Waals surface area contributed by atoms with E-state index in [0.29, 0.717) is 12.0 Å². The van der Waals surface area contributed by atoms with Gasteiger partial charge in [0.2, 0.25) is 0 Å². The molecular weight excluding hydrogens is 238 g/mol. The van der Waals surface area contributed by atoms with E-state index in [1.54, 1.807) is 19.0 Å². The van der Waals surface area contributed by atoms with Crippen LogP contribution in [-0.2, 0) is 4.84 Å². The quantitative estimate of drug-likeness (QED) is 0.734. The maximum absolute atomic E-state index is 11.7. The van der Waals surface area contributed by atoms with Crippen LogP contribution in [0.15, 0.2) is 15.8 Å². The van der Waals surface area contributed by atoms with Crippen LogP contribution in [0.3, 0.4) is 0 Å². The topological polar surface area (TPSA) is 87.6 Å². The highest BCUT2D eigenvalue weighted by atomic mass is 16.7. The van der Waals surface area contributed by atoms with Crippen molar-refractivity contribution >= 4 is 0 Å². The number of hydrogen-bond donors (Lipinski definition) is 2. The first-order chi connectivity index (χ1) is 8.37. The molecule has 0 unspecified atom stereocenters. The molecule has 0 bridgehead atoms. The van der Waals surface area contributed by atoms with Gasteiger partial charge in [0.15, 0.2) is 6.23 Å². The fourth-order valence-corrected chi connectivity index (χ4v) is 1.97. The second kappa shape index (κ2) is 4.34. The zero-order chi connectivity index (χ0) is 13.5. The Labute approximate surface area is 104 Å². The number of nitrogens with zero attached hydrogens (tertiary/aromatic N) is 2. The van der Waals surface area contributed by atoms with E-state index in [-0.39, 0.29) is 6.61 Å². The predicted octanol–water partition coefficient (Wildman–Crippen LogP) is -0.638. The summed E-state index contributed by atoms with van der Waals surface area (Å²) in [6.45, 7) is 3.40. The summed E-state index contributed by atoms with van der Waals surface area (Å²) in [5.41, 5.74) is -0.995. The normalized spacial score (nSPS) is 28.8. The third-order valence-electron chi connectivity index (χ3n) is 3.45. The van der Waals surface area contributed by atoms with Gasteiger partial charge in [0.25, 0.3) is 5.56 Å². The fourth-order valence-electron chi connectivity index (χ4n) is 1.97. The zero-order valence-corrected chi connectivity index (χ0v) is 10.6. The summed E-state index contributed by atoms with van der Waals surface area (Å²) in [4.78, 5) is 30.8. The second-order valence-corrected chi connectivity index (χ2v) is 4.90. The van der Waals surface area contributed by atoms with E-state index < -0.39 is 23.0 Å². The van der Waals surface area contributed by atoms with Gasteiger partial charge in [-0.3, -0.25) is 19.2 Å². The number of aryl methyl sites for hydroxylation is 1. The van der Waals surface area contributed by atoms with Crippen LogP contribution in [-0.4, -0.2) is 38.9 Å². The van der Waals surface area contributed by atoms with Crippen molar-refractivity contribution < 1.29 is 9.94 Å². The first-order valence-electron chi connectivity index (χ1n) is 5.71. The van der Waals surface area contributed by atoms with Crippen molar-refractivity contribution in [3.8, 4) is 0 Å². The maximum Gasteiger partial charge on any atom is 0.330 e. The third kappa shape index (κ3) is 2.00. The van der Waals surface area contributed by atoms with Gasteiger partial charge in [-0.1, -0.05) is 0 Å². The highest BCUT2D eigenvalue weighted by Crippen LogP contribution is 2.34. The summed E-state index contributed by atoms with van der Waals surface area (Å²) < 4.78 is 1.34. The second-order valence-electron chi connectivity index (χ2n) is 4.90. The predicted molar refractivity (Wildman–Crippen MR) is 64.1 cm³/mol. The number of likely N-dealkylation sites (N-methyl/N-ethyl adjacent to an activating group) is 1. The number of nitrogens with one attached hydrogen (secondary N) is 1. The first-order valence-corrected chi connectivity index (χ1v) is 5.71. The van der Waals surface area contributed by atoms with Gasteiger partial charge in [0, 0.05) is 25.2 Å². The Balaban J connectivity index is 2.38. The highest BCUT2D eigenvalue weighted by molar-refractivity contribution is 5.02. The van der Waals surface area contributed by atoms with Gasteiger partial charge in [-0.15, -0.1) is 0 Å². The SMILES string of the molecule is Cc1cn([C@@H]2C[C@](C)(CO)N(C)O2)c(=O)[nH]c1=O. The van der Waals surface area contributed by atoms with Gasteiger partial charge in [-0.05, 0) is 13.8 Å². The molecule has 100 valence electrons. The molecule has 18 heavy (non-hydrogen) atoms. The van der Waals surface area contributed by atoms with Crippen LogP contribution in [0.2, 0.25) is 0 Å². The minimum absolute atomic E-state index is 0.0723. The third-order valence-corrected chi connectivity index (χ3v) is 3.45. The molecular formula is C11H17N3O4. The smallest absolute Gasteiger partial charge is 0.330 e. The monoisotopic (exact) mass is 255 g/mol. The van der Waals surface area contributed by atoms with Crippen LogP contribution in [0.25, 0.3) is 0 Å². The summed E-state index contributed by atoms with van der Waals surface area (Å²) in [6.07, 6.45) is 1.42. The number of hydroxylamine groups is 2. The molecule has 1 saturated heterocycles. The standard InChI is InChI=1S/C11H17N3O4/c1-7-5-14(10(17)12-9(7)16)8-4-11(2,6-15)13(3)18-8/h5,8,15H,4,6H2,1-3H3,(H,12,16,17)/t8-,11+/m0/s1. The molecule has 2 N–H and O–H groups in total. The van der Waals surface area contributed by atoms with Crippen LogP contribution in [0.1, 0.15) is 25.1 Å². The number of hydrogen-bond acceptors (Lipinski definition) is 5. The van der Waals surface area contributed by atoms with Crippen LogP contribution >= 0.6 is 0 Å². The average molecular weight is 255 g/mol. The molecule has 1 aromatic heterocycles. The molecule has 2 heterocycles. The molecule has 1 fully saturated rings. The lowest BCUT2D eigenvalue weighted by Gasteiger charge is -2.26. The molecule has 0 radical (unpaired) electrons. The minimum Gasteiger partial charge on any atom is -0.394 e. The van der Waals surface area contributed by atoms with Crippen LogP contribution in [0.4, 0.5) is 0 Å². The molecule has 2 atom stereocenters. The van der Waals surface area contributed by atoms with Crippen molar-refractivity contribution in [1.29, 1.82) is 0 Å². The lowest BCUT2D eigenvalue weighted by atomic mass is 9.99. The first kappa shape index (κ1) is 13.0. The molecule has 1 aliphatic heterocycles. The number of aromatic nitrogens is 2. The van der Waals surface area contributed by atoms with Crippen molar-refractivity contribution in [2.75, 3.05) is 13.7 Å². The molecule has 1 aliphatic rings. The molecule has 0 saturated carbocycles. The summed E-state index contributed by atoms with van der Waals surface area (Å²) in [5, 5.41) is 10.9. The van der Waals surface area contributed by atoms with Gasteiger partial charge < -0.3 is 5.11 Å². The van der Waals surface area contributed by atoms with Gasteiger partial charge in [0.05, 0.1) is 12.1 Å². The largest absolute Gasteiger partial charge is 0.394 e. The van der Waals surface area contributed by atoms with E-state index in [1.165, 1.54) is 10.8 Å². The molecule has 1 aromatic rings. The van der Waals surface area contributed by atoms with E-state index in [4.69, 9.17) is 4.84 Å². The molecule has 0 spiro atoms. The Bertz CT molecular complexity index is 564. The number of aliphatic hydroxyl groups is 1. The number of rotatable bonds is 2. The fraction of sp³-hybridized carbons (Fsp3) is 0.636. The Kier molecular flexibility index (Phi) is 3.14. The highest BCUT2D eigenvalue weighted by Gasteiger charge is 2.42.